The number of aromatic nitrogens is 1. The van der Waals surface area contributed by atoms with Gasteiger partial charge in [0.25, 0.3) is 0 Å². The molecule has 3 saturated carbocycles. The molecule has 0 saturated heterocycles. The first kappa shape index (κ1) is 37.8. The largest absolute Gasteiger partial charge is 0.310 e. The van der Waals surface area contributed by atoms with Crippen molar-refractivity contribution in [1.29, 1.82) is 0 Å². The Morgan fingerprint density at radius 1 is 0.500 bits per heavy atom. The molecule has 1 aliphatic heterocycles. The number of sulfone groups is 1. The summed E-state index contributed by atoms with van der Waals surface area (Å²) in [6, 6.07) is 68.4. The van der Waals surface area contributed by atoms with E-state index in [0.29, 0.717) is 39.4 Å². The first-order valence-electron chi connectivity index (χ1n) is 23.0. The number of benzene rings is 8. The van der Waals surface area contributed by atoms with Crippen LogP contribution in [0, 0.1) is 29.6 Å². The van der Waals surface area contributed by atoms with Gasteiger partial charge in [0.05, 0.1) is 26.5 Å². The SMILES string of the molecule is C[C@H]1CC2C[C@@H]3CC(C1)C1(c4ccccc4S(=O)(=O)c4cc(N(c5ccc(-c6ccccc6)cc5)c5ccc(-c6ccccc6-n6c7ccccc7c7ccccc76)cc5)ccc41)C23. The molecule has 3 aliphatic carbocycles. The molecule has 6 atom stereocenters. The van der Waals surface area contributed by atoms with Crippen molar-refractivity contribution in [2.75, 3.05) is 4.90 Å². The van der Waals surface area contributed by atoms with Crippen LogP contribution in [0.4, 0.5) is 17.1 Å². The molecule has 0 radical (unpaired) electrons. The number of hydrogen-bond acceptors (Lipinski definition) is 3. The molecule has 1 aromatic heterocycles. The van der Waals surface area contributed by atoms with Crippen LogP contribution in [-0.4, -0.2) is 13.0 Å². The monoisotopic (exact) mass is 848 g/mol. The summed E-state index contributed by atoms with van der Waals surface area (Å²) in [5, 5.41) is 2.47. The lowest BCUT2D eigenvalue weighted by molar-refractivity contribution is 0.0502. The lowest BCUT2D eigenvalue weighted by Gasteiger charge is -2.52. The van der Waals surface area contributed by atoms with Crippen molar-refractivity contribution in [2.45, 2.75) is 47.8 Å². The van der Waals surface area contributed by atoms with E-state index < -0.39 is 9.84 Å². The number of rotatable bonds is 6. The Labute approximate surface area is 375 Å². The van der Waals surface area contributed by atoms with Gasteiger partial charge >= 0.3 is 0 Å². The van der Waals surface area contributed by atoms with E-state index in [0.717, 1.165) is 62.6 Å². The van der Waals surface area contributed by atoms with E-state index in [1.807, 2.05) is 24.3 Å². The summed E-state index contributed by atoms with van der Waals surface area (Å²) in [5.41, 5.74) is 12.5. The predicted octanol–water partition coefficient (Wildman–Crippen LogP) is 14.7. The molecule has 3 fully saturated rings. The van der Waals surface area contributed by atoms with Crippen LogP contribution in [0.2, 0.25) is 0 Å². The van der Waals surface area contributed by atoms with Gasteiger partial charge in [-0.15, -0.1) is 0 Å². The van der Waals surface area contributed by atoms with Crippen LogP contribution in [-0.2, 0) is 15.3 Å². The molecule has 1 spiro atoms. The first-order chi connectivity index (χ1) is 31.4. The molecule has 13 rings (SSSR count). The number of fused-ring (bicyclic) bond motifs is 5. The Morgan fingerprint density at radius 3 is 1.80 bits per heavy atom. The summed E-state index contributed by atoms with van der Waals surface area (Å²) in [6.45, 7) is 2.42. The lowest BCUT2D eigenvalue weighted by Crippen LogP contribution is -2.49. The van der Waals surface area contributed by atoms with Crippen LogP contribution in [0.1, 0.15) is 43.7 Å². The topological polar surface area (TPSA) is 42.3 Å². The summed E-state index contributed by atoms with van der Waals surface area (Å²) in [7, 11) is -3.82. The highest BCUT2D eigenvalue weighted by Crippen LogP contribution is 2.72. The normalized spacial score (nSPS) is 23.6. The lowest BCUT2D eigenvalue weighted by atomic mass is 9.53. The van der Waals surface area contributed by atoms with E-state index in [2.05, 4.69) is 186 Å². The molecule has 9 aromatic rings. The van der Waals surface area contributed by atoms with Crippen molar-refractivity contribution in [2.24, 2.45) is 29.6 Å². The Bertz CT molecular complexity index is 3360. The van der Waals surface area contributed by atoms with Gasteiger partial charge in [0.1, 0.15) is 0 Å². The van der Waals surface area contributed by atoms with Gasteiger partial charge in [-0.3, -0.25) is 0 Å². The molecule has 4 nitrogen and oxygen atoms in total. The Kier molecular flexibility index (Phi) is 8.37. The second kappa shape index (κ2) is 14.2. The summed E-state index contributed by atoms with van der Waals surface area (Å²) in [6.07, 6.45) is 4.85. The zero-order valence-corrected chi connectivity index (χ0v) is 36.6. The molecular formula is C59H48N2O2S. The van der Waals surface area contributed by atoms with Crippen molar-refractivity contribution >= 4 is 48.7 Å². The van der Waals surface area contributed by atoms with Gasteiger partial charge in [-0.1, -0.05) is 140 Å². The van der Waals surface area contributed by atoms with Crippen LogP contribution in [0.5, 0.6) is 0 Å². The van der Waals surface area contributed by atoms with Crippen LogP contribution in [0.25, 0.3) is 49.7 Å². The average Bonchev–Trinajstić information content (AvgIpc) is 3.76. The fourth-order valence-electron chi connectivity index (χ4n) is 13.4. The van der Waals surface area contributed by atoms with Gasteiger partial charge in [0.2, 0.25) is 9.84 Å². The fraction of sp³-hybridized carbons (Fsp3) is 0.186. The molecule has 312 valence electrons. The standard InChI is InChI=1S/C59H48N2O2S/c1-38-33-42-35-43-36-44(34-38)59(58(42)43)51-18-8-12-22-56(51)64(62,63)57-37-47(31-32-52(57)59)60(45-27-23-40(24-28-45)39-13-3-2-4-14-39)46-29-25-41(26-30-46)48-15-5-9-19-53(48)61-54-20-10-6-16-49(54)50-17-7-11-21-55(50)61/h2-32,37-38,42-44,58H,33-36H2,1H3/t38-,42?,43+,44?,58?,59?/m0/s1. The van der Waals surface area contributed by atoms with E-state index in [9.17, 15) is 0 Å². The van der Waals surface area contributed by atoms with E-state index in [-0.39, 0.29) is 5.41 Å². The van der Waals surface area contributed by atoms with Crippen LogP contribution in [0.3, 0.4) is 0 Å². The van der Waals surface area contributed by atoms with Gasteiger partial charge in [0.15, 0.2) is 0 Å². The smallest absolute Gasteiger partial charge is 0.207 e. The molecular weight excluding hydrogens is 801 g/mol. The average molecular weight is 849 g/mol. The summed E-state index contributed by atoms with van der Waals surface area (Å²) in [5.74, 6) is 2.82. The third-order valence-corrected chi connectivity index (χ3v) is 17.6. The van der Waals surface area contributed by atoms with Crippen LogP contribution < -0.4 is 4.90 Å². The Hall–Kier alpha value is -6.69. The third kappa shape index (κ3) is 5.37. The highest BCUT2D eigenvalue weighted by atomic mass is 32.2. The van der Waals surface area contributed by atoms with Crippen molar-refractivity contribution in [1.82, 2.24) is 4.57 Å². The highest BCUT2D eigenvalue weighted by molar-refractivity contribution is 7.91. The molecule has 64 heavy (non-hydrogen) atoms. The molecule has 5 heteroatoms. The zero-order valence-electron chi connectivity index (χ0n) is 35.8. The predicted molar refractivity (Wildman–Crippen MR) is 261 cm³/mol. The molecule has 2 heterocycles. The fourth-order valence-corrected chi connectivity index (χ4v) is 15.2. The van der Waals surface area contributed by atoms with Gasteiger partial charge in [0, 0.05) is 38.8 Å². The second-order valence-corrected chi connectivity index (χ2v) is 20.9. The maximum absolute atomic E-state index is 15.1. The number of hydrogen-bond donors (Lipinski definition) is 0. The minimum atomic E-state index is -3.82. The van der Waals surface area contributed by atoms with E-state index in [4.69, 9.17) is 0 Å². The molecule has 0 N–H and O–H groups in total. The van der Waals surface area contributed by atoms with E-state index in [1.165, 1.54) is 41.1 Å². The van der Waals surface area contributed by atoms with Gasteiger partial charge in [-0.2, -0.15) is 0 Å². The minimum Gasteiger partial charge on any atom is -0.310 e. The third-order valence-electron chi connectivity index (χ3n) is 15.7. The Balaban J connectivity index is 0.969. The Morgan fingerprint density at radius 2 is 1.06 bits per heavy atom. The molecule has 2 bridgehead atoms. The van der Waals surface area contributed by atoms with Crippen molar-refractivity contribution in [3.8, 4) is 27.9 Å². The molecule has 0 amide bonds. The summed E-state index contributed by atoms with van der Waals surface area (Å²) < 4.78 is 32.6. The number of para-hydroxylation sites is 3. The molecule has 8 aromatic carbocycles. The molecule has 4 aliphatic rings. The molecule has 4 unspecified atom stereocenters. The zero-order chi connectivity index (χ0) is 42.7. The van der Waals surface area contributed by atoms with E-state index in [1.54, 1.807) is 0 Å². The maximum atomic E-state index is 15.1. The first-order valence-corrected chi connectivity index (χ1v) is 24.5. The van der Waals surface area contributed by atoms with E-state index >= 15 is 8.42 Å². The van der Waals surface area contributed by atoms with Crippen molar-refractivity contribution in [3.63, 3.8) is 0 Å². The quantitative estimate of drug-likeness (QED) is 0.167. The minimum absolute atomic E-state index is 0.290. The van der Waals surface area contributed by atoms with Gasteiger partial charge in [-0.05, 0) is 144 Å². The second-order valence-electron chi connectivity index (χ2n) is 19.0. The maximum Gasteiger partial charge on any atom is 0.207 e. The summed E-state index contributed by atoms with van der Waals surface area (Å²) >= 11 is 0. The van der Waals surface area contributed by atoms with Crippen LogP contribution in [0.15, 0.2) is 204 Å². The number of anilines is 3. The highest BCUT2D eigenvalue weighted by Gasteiger charge is 2.67. The van der Waals surface area contributed by atoms with Crippen molar-refractivity contribution in [3.05, 3.63) is 205 Å². The van der Waals surface area contributed by atoms with Gasteiger partial charge < -0.3 is 9.47 Å². The van der Waals surface area contributed by atoms with Crippen LogP contribution >= 0.6 is 0 Å². The van der Waals surface area contributed by atoms with Crippen molar-refractivity contribution < 1.29 is 8.42 Å². The van der Waals surface area contributed by atoms with Gasteiger partial charge in [-0.25, -0.2) is 8.42 Å². The number of nitrogens with zero attached hydrogens (tertiary/aromatic N) is 2. The summed E-state index contributed by atoms with van der Waals surface area (Å²) in [4.78, 5) is 3.23.